The number of benzene rings is 1. The normalized spacial score (nSPS) is 17.8. The van der Waals surface area contributed by atoms with Crippen LogP contribution in [0.25, 0.3) is 10.2 Å². The molecule has 0 bridgehead atoms. The van der Waals surface area contributed by atoms with Gasteiger partial charge in [-0.05, 0) is 40.0 Å². The van der Waals surface area contributed by atoms with E-state index in [1.807, 2.05) is 36.4 Å². The van der Waals surface area contributed by atoms with E-state index in [4.69, 9.17) is 0 Å². The fraction of sp³-hybridized carbons (Fsp3) is 0.300. The van der Waals surface area contributed by atoms with Crippen molar-refractivity contribution in [3.63, 3.8) is 0 Å². The van der Waals surface area contributed by atoms with Crippen LogP contribution in [0.2, 0.25) is 0 Å². The number of hydrogen-bond acceptors (Lipinski definition) is 4. The van der Waals surface area contributed by atoms with Gasteiger partial charge in [-0.1, -0.05) is 30.3 Å². The lowest BCUT2D eigenvalue weighted by molar-refractivity contribution is -0.132. The number of β-amino-alcohol motifs (C(OH)–C–C–N with tert-alkyl or cyclic N) is 1. The summed E-state index contributed by atoms with van der Waals surface area (Å²) in [6.07, 6.45) is 0.476. The van der Waals surface area contributed by atoms with E-state index in [2.05, 4.69) is 26.2 Å². The standard InChI is InChI=1S/C20H20BrN3O3S/c21-18-10-14-17(28-18)9-15(22-14)19(26)23-16(8-12-4-2-1-3-5-12)20(27)24-7-6-13(25)11-24/h1-5,9-10,13,16,22,25H,6-8,11H2,(H,23,26)/t13?,16-/m0/s1. The number of nitrogens with zero attached hydrogens (tertiary/aromatic N) is 1. The molecule has 0 saturated carbocycles. The summed E-state index contributed by atoms with van der Waals surface area (Å²) in [4.78, 5) is 30.6. The molecule has 0 radical (unpaired) electrons. The van der Waals surface area contributed by atoms with E-state index in [0.29, 0.717) is 31.6 Å². The Bertz CT molecular complexity index is 969. The lowest BCUT2D eigenvalue weighted by Crippen LogP contribution is -2.49. The summed E-state index contributed by atoms with van der Waals surface area (Å²) in [6.45, 7) is 0.819. The van der Waals surface area contributed by atoms with Crippen LogP contribution < -0.4 is 5.32 Å². The van der Waals surface area contributed by atoms with Gasteiger partial charge in [0.25, 0.3) is 5.91 Å². The highest BCUT2D eigenvalue weighted by Crippen LogP contribution is 2.30. The topological polar surface area (TPSA) is 85.4 Å². The van der Waals surface area contributed by atoms with Crippen molar-refractivity contribution in [1.29, 1.82) is 0 Å². The van der Waals surface area contributed by atoms with E-state index >= 15 is 0 Å². The number of hydrogen-bond donors (Lipinski definition) is 3. The van der Waals surface area contributed by atoms with Crippen molar-refractivity contribution in [1.82, 2.24) is 15.2 Å². The van der Waals surface area contributed by atoms with Crippen LogP contribution in [0.3, 0.4) is 0 Å². The lowest BCUT2D eigenvalue weighted by atomic mass is 10.0. The lowest BCUT2D eigenvalue weighted by Gasteiger charge is -2.24. The van der Waals surface area contributed by atoms with Crippen molar-refractivity contribution < 1.29 is 14.7 Å². The Morgan fingerprint density at radius 1 is 1.32 bits per heavy atom. The van der Waals surface area contributed by atoms with Gasteiger partial charge in [0.05, 0.1) is 20.1 Å². The Balaban J connectivity index is 1.54. The van der Waals surface area contributed by atoms with Gasteiger partial charge in [0.1, 0.15) is 11.7 Å². The van der Waals surface area contributed by atoms with Crippen LogP contribution in [0.5, 0.6) is 0 Å². The van der Waals surface area contributed by atoms with Crippen molar-refractivity contribution >= 4 is 49.3 Å². The Labute approximate surface area is 174 Å². The molecule has 8 heteroatoms. The van der Waals surface area contributed by atoms with Gasteiger partial charge in [-0.2, -0.15) is 0 Å². The van der Waals surface area contributed by atoms with Gasteiger partial charge in [0, 0.05) is 19.5 Å². The molecule has 6 nitrogen and oxygen atoms in total. The molecule has 28 heavy (non-hydrogen) atoms. The molecule has 1 aliphatic heterocycles. The molecule has 2 aromatic heterocycles. The molecule has 1 fully saturated rings. The maximum Gasteiger partial charge on any atom is 0.268 e. The summed E-state index contributed by atoms with van der Waals surface area (Å²) < 4.78 is 1.97. The summed E-state index contributed by atoms with van der Waals surface area (Å²) in [5.74, 6) is -0.474. The summed E-state index contributed by atoms with van der Waals surface area (Å²) in [5.41, 5.74) is 2.29. The van der Waals surface area contributed by atoms with Crippen LogP contribution in [0, 0.1) is 0 Å². The second-order valence-electron chi connectivity index (χ2n) is 6.95. The molecule has 3 aromatic rings. The van der Waals surface area contributed by atoms with Gasteiger partial charge in [-0.3, -0.25) is 9.59 Å². The number of aliphatic hydroxyl groups excluding tert-OH is 1. The molecule has 1 aliphatic rings. The first-order valence-electron chi connectivity index (χ1n) is 9.09. The van der Waals surface area contributed by atoms with Crippen molar-refractivity contribution in [3.05, 3.63) is 57.5 Å². The number of halogens is 1. The number of carbonyl (C=O) groups excluding carboxylic acids is 2. The van der Waals surface area contributed by atoms with E-state index in [9.17, 15) is 14.7 Å². The third kappa shape index (κ3) is 4.14. The minimum Gasteiger partial charge on any atom is -0.391 e. The number of likely N-dealkylation sites (tertiary alicyclic amines) is 1. The van der Waals surface area contributed by atoms with E-state index < -0.39 is 12.1 Å². The quantitative estimate of drug-likeness (QED) is 0.545. The summed E-state index contributed by atoms with van der Waals surface area (Å²) >= 11 is 4.97. The fourth-order valence-electron chi connectivity index (χ4n) is 3.46. The number of thiophene rings is 1. The molecule has 3 heterocycles. The molecular weight excluding hydrogens is 442 g/mol. The zero-order valence-electron chi connectivity index (χ0n) is 15.0. The number of nitrogens with one attached hydrogen (secondary N) is 2. The van der Waals surface area contributed by atoms with E-state index in [-0.39, 0.29) is 11.8 Å². The third-order valence-electron chi connectivity index (χ3n) is 4.88. The summed E-state index contributed by atoms with van der Waals surface area (Å²) in [5, 5.41) is 12.7. The van der Waals surface area contributed by atoms with Crippen molar-refractivity contribution in [2.75, 3.05) is 13.1 Å². The Morgan fingerprint density at radius 3 is 2.79 bits per heavy atom. The van der Waals surface area contributed by atoms with Crippen LogP contribution in [-0.2, 0) is 11.2 Å². The average molecular weight is 462 g/mol. The van der Waals surface area contributed by atoms with Gasteiger partial charge in [-0.25, -0.2) is 0 Å². The highest BCUT2D eigenvalue weighted by molar-refractivity contribution is 9.11. The molecule has 146 valence electrons. The predicted molar refractivity (Wildman–Crippen MR) is 112 cm³/mol. The van der Waals surface area contributed by atoms with E-state index in [1.54, 1.807) is 22.3 Å². The molecule has 4 rings (SSSR count). The molecule has 0 spiro atoms. The maximum atomic E-state index is 13.0. The molecule has 3 N–H and O–H groups in total. The average Bonchev–Trinajstić information content (AvgIpc) is 3.36. The third-order valence-corrected chi connectivity index (χ3v) is 6.47. The molecule has 0 aliphatic carbocycles. The molecule has 1 unspecified atom stereocenters. The van der Waals surface area contributed by atoms with Crippen LogP contribution in [0.1, 0.15) is 22.5 Å². The van der Waals surface area contributed by atoms with Gasteiger partial charge in [-0.15, -0.1) is 11.3 Å². The van der Waals surface area contributed by atoms with Crippen molar-refractivity contribution in [2.45, 2.75) is 25.0 Å². The first kappa shape index (κ1) is 19.2. The van der Waals surface area contributed by atoms with E-state index in [0.717, 1.165) is 19.6 Å². The number of aromatic nitrogens is 1. The predicted octanol–water partition coefficient (Wildman–Crippen LogP) is 2.93. The Hall–Kier alpha value is -2.16. The summed E-state index contributed by atoms with van der Waals surface area (Å²) in [6, 6.07) is 12.7. The Kier molecular flexibility index (Phi) is 5.52. The van der Waals surface area contributed by atoms with Crippen LogP contribution >= 0.6 is 27.3 Å². The molecule has 1 saturated heterocycles. The minimum absolute atomic E-state index is 0.162. The SMILES string of the molecule is O=C(N[C@@H](Cc1ccccc1)C(=O)N1CCC(O)C1)c1cc2sc(Br)cc2[nH]1. The highest BCUT2D eigenvalue weighted by Gasteiger charge is 2.31. The van der Waals surface area contributed by atoms with Gasteiger partial charge >= 0.3 is 0 Å². The van der Waals surface area contributed by atoms with Crippen molar-refractivity contribution in [3.8, 4) is 0 Å². The second-order valence-corrected chi connectivity index (χ2v) is 9.42. The number of aromatic amines is 1. The van der Waals surface area contributed by atoms with Crippen LogP contribution in [-0.4, -0.2) is 52.0 Å². The maximum absolute atomic E-state index is 13.0. The van der Waals surface area contributed by atoms with Crippen molar-refractivity contribution in [2.24, 2.45) is 0 Å². The van der Waals surface area contributed by atoms with Crippen LogP contribution in [0.15, 0.2) is 46.3 Å². The number of amides is 2. The molecule has 2 atom stereocenters. The zero-order valence-corrected chi connectivity index (χ0v) is 17.4. The van der Waals surface area contributed by atoms with E-state index in [1.165, 1.54) is 0 Å². The Morgan fingerprint density at radius 2 is 2.11 bits per heavy atom. The zero-order chi connectivity index (χ0) is 19.7. The first-order chi connectivity index (χ1) is 13.5. The number of rotatable bonds is 5. The highest BCUT2D eigenvalue weighted by atomic mass is 79.9. The largest absolute Gasteiger partial charge is 0.391 e. The van der Waals surface area contributed by atoms with Gasteiger partial charge < -0.3 is 20.3 Å². The minimum atomic E-state index is -0.687. The second kappa shape index (κ2) is 8.06. The monoisotopic (exact) mass is 461 g/mol. The fourth-order valence-corrected chi connectivity index (χ4v) is 5.00. The van der Waals surface area contributed by atoms with Gasteiger partial charge in [0.15, 0.2) is 0 Å². The van der Waals surface area contributed by atoms with Crippen LogP contribution in [0.4, 0.5) is 0 Å². The van der Waals surface area contributed by atoms with Gasteiger partial charge in [0.2, 0.25) is 5.91 Å². The summed E-state index contributed by atoms with van der Waals surface area (Å²) in [7, 11) is 0. The molecule has 2 amide bonds. The number of carbonyl (C=O) groups is 2. The number of aliphatic hydroxyl groups is 1. The molecular formula is C20H20BrN3O3S. The number of fused-ring (bicyclic) bond motifs is 1. The first-order valence-corrected chi connectivity index (χ1v) is 10.7. The molecule has 1 aromatic carbocycles. The smallest absolute Gasteiger partial charge is 0.268 e. The number of H-pyrrole nitrogens is 1.